The molecule has 0 radical (unpaired) electrons. The van der Waals surface area contributed by atoms with Crippen LogP contribution in [0, 0.1) is 0 Å². The summed E-state index contributed by atoms with van der Waals surface area (Å²) in [7, 11) is 0. The Balaban J connectivity index is 2.41. The summed E-state index contributed by atoms with van der Waals surface area (Å²) < 4.78 is 0. The average Bonchev–Trinajstić information content (AvgIpc) is 2.28. The third-order valence-electron chi connectivity index (χ3n) is 3.00. The average molecular weight is 202 g/mol. The predicted molar refractivity (Wildman–Crippen MR) is 66.5 cm³/mol. The molecule has 2 rings (SSSR count). The lowest BCUT2D eigenvalue weighted by atomic mass is 9.91. The van der Waals surface area contributed by atoms with Crippen LogP contribution in [0.4, 0.5) is 11.4 Å². The van der Waals surface area contributed by atoms with Crippen molar-refractivity contribution in [2.75, 3.05) is 11.9 Å². The zero-order valence-corrected chi connectivity index (χ0v) is 9.34. The largest absolute Gasteiger partial charge is 0.384 e. The van der Waals surface area contributed by atoms with E-state index in [0.717, 1.165) is 17.9 Å². The van der Waals surface area contributed by atoms with E-state index in [9.17, 15) is 0 Å². The van der Waals surface area contributed by atoms with Gasteiger partial charge in [0.1, 0.15) is 0 Å². The van der Waals surface area contributed by atoms with Gasteiger partial charge in [0.05, 0.1) is 11.4 Å². The van der Waals surface area contributed by atoms with Crippen molar-refractivity contribution in [1.82, 2.24) is 0 Å². The molecule has 0 unspecified atom stereocenters. The summed E-state index contributed by atoms with van der Waals surface area (Å²) in [6.07, 6.45) is 5.04. The maximum Gasteiger partial charge on any atom is 0.0856 e. The Bertz CT molecular complexity index is 369. The summed E-state index contributed by atoms with van der Waals surface area (Å²) in [6, 6.07) is 4.45. The number of nitrogens with zero attached hydrogens (tertiary/aromatic N) is 1. The molecular formula is C13H18N2. The van der Waals surface area contributed by atoms with Gasteiger partial charge in [-0.3, -0.25) is 4.99 Å². The van der Waals surface area contributed by atoms with E-state index < -0.39 is 0 Å². The molecule has 0 amide bonds. The Kier molecular flexibility index (Phi) is 3.05. The summed E-state index contributed by atoms with van der Waals surface area (Å²) in [4.78, 5) is 4.08. The molecule has 1 aromatic rings. The van der Waals surface area contributed by atoms with Crippen LogP contribution < -0.4 is 5.32 Å². The number of anilines is 1. The molecule has 1 aromatic carbocycles. The summed E-state index contributed by atoms with van der Waals surface area (Å²) in [5.74, 6) is 0. The number of rotatable bonds is 3. The van der Waals surface area contributed by atoms with Crippen molar-refractivity contribution in [1.29, 1.82) is 0 Å². The van der Waals surface area contributed by atoms with Crippen molar-refractivity contribution >= 4 is 18.1 Å². The molecule has 0 fully saturated rings. The maximum atomic E-state index is 4.08. The van der Waals surface area contributed by atoms with Crippen LogP contribution in [0.15, 0.2) is 17.1 Å². The second-order valence-corrected chi connectivity index (χ2v) is 4.03. The van der Waals surface area contributed by atoms with E-state index >= 15 is 0 Å². The highest BCUT2D eigenvalue weighted by molar-refractivity contribution is 5.70. The Morgan fingerprint density at radius 1 is 1.27 bits per heavy atom. The van der Waals surface area contributed by atoms with Gasteiger partial charge in [0.15, 0.2) is 0 Å². The van der Waals surface area contributed by atoms with Gasteiger partial charge in [-0.25, -0.2) is 0 Å². The Labute approximate surface area is 91.4 Å². The number of hydrogen-bond acceptors (Lipinski definition) is 2. The minimum atomic E-state index is 0.932. The summed E-state index contributed by atoms with van der Waals surface area (Å²) in [6.45, 7) is 6.67. The molecule has 1 aliphatic rings. The highest BCUT2D eigenvalue weighted by atomic mass is 14.9. The number of aryl methyl sites for hydroxylation is 2. The van der Waals surface area contributed by atoms with Crippen molar-refractivity contribution in [2.45, 2.75) is 32.6 Å². The van der Waals surface area contributed by atoms with Crippen molar-refractivity contribution in [3.05, 3.63) is 23.3 Å². The minimum Gasteiger partial charge on any atom is -0.384 e. The quantitative estimate of drug-likeness (QED) is 0.747. The molecule has 0 aromatic heterocycles. The van der Waals surface area contributed by atoms with E-state index in [2.05, 4.69) is 36.1 Å². The first-order valence-corrected chi connectivity index (χ1v) is 5.71. The summed E-state index contributed by atoms with van der Waals surface area (Å²) in [5.41, 5.74) is 5.08. The van der Waals surface area contributed by atoms with Gasteiger partial charge in [-0.15, -0.1) is 0 Å². The van der Waals surface area contributed by atoms with Crippen LogP contribution in [0.1, 0.15) is 30.9 Å². The van der Waals surface area contributed by atoms with Crippen molar-refractivity contribution in [2.24, 2.45) is 4.99 Å². The fourth-order valence-electron chi connectivity index (χ4n) is 2.24. The molecule has 0 aliphatic heterocycles. The minimum absolute atomic E-state index is 0.932. The van der Waals surface area contributed by atoms with Gasteiger partial charge in [-0.05, 0) is 62.6 Å². The van der Waals surface area contributed by atoms with Gasteiger partial charge in [-0.2, -0.15) is 0 Å². The van der Waals surface area contributed by atoms with Gasteiger partial charge in [0, 0.05) is 6.54 Å². The van der Waals surface area contributed by atoms with E-state index in [4.69, 9.17) is 0 Å². The molecule has 0 atom stereocenters. The Hall–Kier alpha value is -1.31. The number of benzene rings is 1. The van der Waals surface area contributed by atoms with E-state index in [1.807, 2.05) is 0 Å². The first kappa shape index (κ1) is 10.2. The molecule has 15 heavy (non-hydrogen) atoms. The summed E-state index contributed by atoms with van der Waals surface area (Å²) >= 11 is 0. The van der Waals surface area contributed by atoms with E-state index in [1.165, 1.54) is 36.8 Å². The SMILES string of the molecule is C=Nc1cc2c(cc1NCC)CCCC2. The zero-order valence-electron chi connectivity index (χ0n) is 9.34. The zero-order chi connectivity index (χ0) is 10.7. The predicted octanol–water partition coefficient (Wildman–Crippen LogP) is 3.33. The maximum absolute atomic E-state index is 4.08. The first-order chi connectivity index (χ1) is 7.35. The van der Waals surface area contributed by atoms with Gasteiger partial charge in [0.25, 0.3) is 0 Å². The smallest absolute Gasteiger partial charge is 0.0856 e. The van der Waals surface area contributed by atoms with Crippen LogP contribution in [0.25, 0.3) is 0 Å². The van der Waals surface area contributed by atoms with Crippen molar-refractivity contribution in [3.8, 4) is 0 Å². The standard InChI is InChI=1S/C13H18N2/c1-3-15-13-9-11-7-5-4-6-10(11)8-12(13)14-2/h8-9,15H,2-7H2,1H3. The lowest BCUT2D eigenvalue weighted by Gasteiger charge is -2.18. The Morgan fingerprint density at radius 2 is 1.93 bits per heavy atom. The number of fused-ring (bicyclic) bond motifs is 1. The lowest BCUT2D eigenvalue weighted by molar-refractivity contribution is 0.686. The molecule has 0 heterocycles. The third-order valence-corrected chi connectivity index (χ3v) is 3.00. The monoisotopic (exact) mass is 202 g/mol. The van der Waals surface area contributed by atoms with Crippen LogP contribution in [-0.2, 0) is 12.8 Å². The van der Waals surface area contributed by atoms with Crippen LogP contribution in [-0.4, -0.2) is 13.3 Å². The van der Waals surface area contributed by atoms with E-state index in [0.29, 0.717) is 0 Å². The van der Waals surface area contributed by atoms with Gasteiger partial charge >= 0.3 is 0 Å². The molecule has 0 saturated carbocycles. The fraction of sp³-hybridized carbons (Fsp3) is 0.462. The molecular weight excluding hydrogens is 184 g/mol. The van der Waals surface area contributed by atoms with Crippen LogP contribution >= 0.6 is 0 Å². The molecule has 0 spiro atoms. The van der Waals surface area contributed by atoms with Crippen molar-refractivity contribution < 1.29 is 0 Å². The van der Waals surface area contributed by atoms with Gasteiger partial charge < -0.3 is 5.32 Å². The van der Waals surface area contributed by atoms with Gasteiger partial charge in [0.2, 0.25) is 0 Å². The number of hydrogen-bond donors (Lipinski definition) is 1. The van der Waals surface area contributed by atoms with Crippen LogP contribution in [0.3, 0.4) is 0 Å². The molecule has 1 N–H and O–H groups in total. The van der Waals surface area contributed by atoms with E-state index in [-0.39, 0.29) is 0 Å². The second kappa shape index (κ2) is 4.47. The Morgan fingerprint density at radius 3 is 2.53 bits per heavy atom. The van der Waals surface area contributed by atoms with Crippen LogP contribution in [0.2, 0.25) is 0 Å². The highest BCUT2D eigenvalue weighted by Gasteiger charge is 2.12. The fourth-order valence-corrected chi connectivity index (χ4v) is 2.24. The van der Waals surface area contributed by atoms with E-state index in [1.54, 1.807) is 0 Å². The number of nitrogens with one attached hydrogen (secondary N) is 1. The molecule has 2 nitrogen and oxygen atoms in total. The molecule has 0 bridgehead atoms. The molecule has 1 aliphatic carbocycles. The summed E-state index contributed by atoms with van der Waals surface area (Å²) in [5, 5.41) is 3.34. The highest BCUT2D eigenvalue weighted by Crippen LogP contribution is 2.32. The van der Waals surface area contributed by atoms with Crippen LogP contribution in [0.5, 0.6) is 0 Å². The molecule has 80 valence electrons. The second-order valence-electron chi connectivity index (χ2n) is 4.03. The first-order valence-electron chi connectivity index (χ1n) is 5.71. The van der Waals surface area contributed by atoms with Crippen molar-refractivity contribution in [3.63, 3.8) is 0 Å². The number of aliphatic imine (C=N–C) groups is 1. The normalized spacial score (nSPS) is 14.5. The third kappa shape index (κ3) is 2.04. The molecule has 2 heteroatoms. The molecule has 0 saturated heterocycles. The lowest BCUT2D eigenvalue weighted by Crippen LogP contribution is -2.05. The topological polar surface area (TPSA) is 24.4 Å². The van der Waals surface area contributed by atoms with Gasteiger partial charge in [-0.1, -0.05) is 0 Å².